The summed E-state index contributed by atoms with van der Waals surface area (Å²) in [7, 11) is 0. The fraction of sp³-hybridized carbons (Fsp3) is 0.333. The van der Waals surface area contributed by atoms with Crippen LogP contribution < -0.4 is 10.9 Å². The monoisotopic (exact) mass is 303 g/mol. The smallest absolute Gasteiger partial charge is 0.286 e. The highest BCUT2D eigenvalue weighted by Crippen LogP contribution is 2.13. The normalized spacial score (nSPS) is 10.0. The summed E-state index contributed by atoms with van der Waals surface area (Å²) in [6, 6.07) is 1.11. The number of nitrogens with zero attached hydrogens (tertiary/aromatic N) is 2. The molecule has 92 valence electrons. The minimum Gasteiger partial charge on any atom is -0.355 e. The summed E-state index contributed by atoms with van der Waals surface area (Å²) >= 11 is 2.92. The maximum Gasteiger partial charge on any atom is 0.286 e. The Morgan fingerprint density at radius 3 is 2.82 bits per heavy atom. The van der Waals surface area contributed by atoms with Crippen LogP contribution in [0.1, 0.15) is 6.92 Å². The van der Waals surface area contributed by atoms with Crippen LogP contribution in [0.3, 0.4) is 0 Å². The number of carbonyl (C=O) groups excluding carboxylic acids is 1. The van der Waals surface area contributed by atoms with Gasteiger partial charge >= 0.3 is 0 Å². The average molecular weight is 304 g/mol. The number of carbonyl (C=O) groups is 1. The number of halogens is 1. The average Bonchev–Trinajstić information content (AvgIpc) is 2.24. The first-order valence-corrected chi connectivity index (χ1v) is 5.56. The Balaban J connectivity index is 3.10. The second-order valence-electron chi connectivity index (χ2n) is 3.19. The Bertz CT molecular complexity index is 511. The van der Waals surface area contributed by atoms with E-state index in [4.69, 9.17) is 0 Å². The summed E-state index contributed by atoms with van der Waals surface area (Å²) in [6.45, 7) is 1.93. The van der Waals surface area contributed by atoms with E-state index in [1.165, 1.54) is 0 Å². The van der Waals surface area contributed by atoms with Crippen LogP contribution in [-0.4, -0.2) is 21.9 Å². The van der Waals surface area contributed by atoms with E-state index in [0.29, 0.717) is 6.54 Å². The van der Waals surface area contributed by atoms with E-state index in [1.807, 2.05) is 0 Å². The largest absolute Gasteiger partial charge is 0.355 e. The van der Waals surface area contributed by atoms with Gasteiger partial charge in [0.1, 0.15) is 6.54 Å². The van der Waals surface area contributed by atoms with Gasteiger partial charge in [0.25, 0.3) is 11.2 Å². The summed E-state index contributed by atoms with van der Waals surface area (Å²) in [5.74, 6) is -0.373. The van der Waals surface area contributed by atoms with Crippen LogP contribution in [0.15, 0.2) is 21.5 Å². The highest BCUT2D eigenvalue weighted by molar-refractivity contribution is 9.10. The molecule has 0 spiro atoms. The van der Waals surface area contributed by atoms with Gasteiger partial charge in [-0.3, -0.25) is 24.3 Å². The molecule has 0 unspecified atom stereocenters. The lowest BCUT2D eigenvalue weighted by atomic mass is 10.4. The number of nitrogens with one attached hydrogen (secondary N) is 1. The molecule has 0 saturated carbocycles. The molecular formula is C9H10BrN3O4. The zero-order valence-electron chi connectivity index (χ0n) is 8.97. The fourth-order valence-electron chi connectivity index (χ4n) is 1.21. The molecule has 1 amide bonds. The first-order chi connectivity index (χ1) is 7.95. The zero-order valence-corrected chi connectivity index (χ0v) is 10.6. The molecule has 0 aliphatic rings. The number of hydrogen-bond donors (Lipinski definition) is 1. The molecule has 1 heterocycles. The lowest BCUT2D eigenvalue weighted by molar-refractivity contribution is -0.385. The molecule has 1 N–H and O–H groups in total. The molecule has 7 nitrogen and oxygen atoms in total. The number of nitro groups is 1. The standard InChI is InChI=1S/C9H10BrN3O4/c1-2-11-8(14)5-12-4-6(13(16)17)3-7(10)9(12)15/h3-4H,2,5H2,1H3,(H,11,14). The SMILES string of the molecule is CCNC(=O)Cn1cc([N+](=O)[O-])cc(Br)c1=O. The molecule has 0 aliphatic heterocycles. The Morgan fingerprint density at radius 2 is 2.29 bits per heavy atom. The zero-order chi connectivity index (χ0) is 13.0. The molecule has 0 radical (unpaired) electrons. The van der Waals surface area contributed by atoms with Crippen LogP contribution in [0.4, 0.5) is 5.69 Å². The molecule has 8 heteroatoms. The summed E-state index contributed by atoms with van der Waals surface area (Å²) in [6.07, 6.45) is 1.04. The van der Waals surface area contributed by atoms with Gasteiger partial charge in [0.15, 0.2) is 0 Å². The Morgan fingerprint density at radius 1 is 1.65 bits per heavy atom. The number of pyridine rings is 1. The summed E-state index contributed by atoms with van der Waals surface area (Å²) in [5, 5.41) is 13.1. The summed E-state index contributed by atoms with van der Waals surface area (Å²) in [4.78, 5) is 32.9. The number of likely N-dealkylation sites (N-methyl/N-ethyl adjacent to an activating group) is 1. The minimum atomic E-state index is -0.627. The number of amides is 1. The molecule has 1 aromatic rings. The number of rotatable bonds is 4. The van der Waals surface area contributed by atoms with Gasteiger partial charge in [-0.05, 0) is 22.9 Å². The molecular weight excluding hydrogens is 294 g/mol. The van der Waals surface area contributed by atoms with Crippen molar-refractivity contribution in [3.8, 4) is 0 Å². The summed E-state index contributed by atoms with van der Waals surface area (Å²) < 4.78 is 1.05. The van der Waals surface area contributed by atoms with E-state index in [2.05, 4.69) is 21.2 Å². The highest BCUT2D eigenvalue weighted by Gasteiger charge is 2.13. The van der Waals surface area contributed by atoms with Crippen LogP contribution >= 0.6 is 15.9 Å². The molecule has 1 aromatic heterocycles. The molecule has 0 aromatic carbocycles. The fourth-order valence-corrected chi connectivity index (χ4v) is 1.67. The van der Waals surface area contributed by atoms with Crippen LogP contribution in [0, 0.1) is 10.1 Å². The second kappa shape index (κ2) is 5.58. The van der Waals surface area contributed by atoms with Crippen molar-refractivity contribution in [2.24, 2.45) is 0 Å². The summed E-state index contributed by atoms with van der Waals surface area (Å²) in [5.41, 5.74) is -0.734. The Labute approximate surface area is 105 Å². The van der Waals surface area contributed by atoms with Gasteiger partial charge in [0.2, 0.25) is 5.91 Å². The minimum absolute atomic E-state index is 0.0519. The first-order valence-electron chi connectivity index (χ1n) is 4.76. The maximum atomic E-state index is 11.6. The Hall–Kier alpha value is -1.70. The van der Waals surface area contributed by atoms with Gasteiger partial charge in [0, 0.05) is 12.6 Å². The maximum absolute atomic E-state index is 11.6. The van der Waals surface area contributed by atoms with Gasteiger partial charge in [-0.1, -0.05) is 0 Å². The van der Waals surface area contributed by atoms with E-state index in [-0.39, 0.29) is 22.6 Å². The van der Waals surface area contributed by atoms with E-state index in [1.54, 1.807) is 6.92 Å². The van der Waals surface area contributed by atoms with Crippen molar-refractivity contribution in [1.29, 1.82) is 0 Å². The molecule has 0 aliphatic carbocycles. The van der Waals surface area contributed by atoms with Gasteiger partial charge in [-0.15, -0.1) is 0 Å². The molecule has 0 fully saturated rings. The van der Waals surface area contributed by atoms with E-state index < -0.39 is 10.5 Å². The van der Waals surface area contributed by atoms with E-state index >= 15 is 0 Å². The predicted molar refractivity (Wildman–Crippen MR) is 63.7 cm³/mol. The molecule has 0 bridgehead atoms. The molecule has 17 heavy (non-hydrogen) atoms. The number of aromatic nitrogens is 1. The van der Waals surface area contributed by atoms with Crippen molar-refractivity contribution < 1.29 is 9.72 Å². The van der Waals surface area contributed by atoms with Crippen molar-refractivity contribution in [2.75, 3.05) is 6.54 Å². The van der Waals surface area contributed by atoms with Crippen molar-refractivity contribution in [3.63, 3.8) is 0 Å². The lowest BCUT2D eigenvalue weighted by Crippen LogP contribution is -2.32. The van der Waals surface area contributed by atoms with Crippen LogP contribution in [0.5, 0.6) is 0 Å². The second-order valence-corrected chi connectivity index (χ2v) is 4.04. The van der Waals surface area contributed by atoms with Gasteiger partial charge in [0.05, 0.1) is 15.6 Å². The first kappa shape index (κ1) is 13.4. The lowest BCUT2D eigenvalue weighted by Gasteiger charge is -2.06. The highest BCUT2D eigenvalue weighted by atomic mass is 79.9. The van der Waals surface area contributed by atoms with Crippen molar-refractivity contribution >= 4 is 27.5 Å². The third-order valence-corrected chi connectivity index (χ3v) is 2.49. The van der Waals surface area contributed by atoms with Crippen molar-refractivity contribution in [1.82, 2.24) is 9.88 Å². The third kappa shape index (κ3) is 3.38. The van der Waals surface area contributed by atoms with Crippen molar-refractivity contribution in [3.05, 3.63) is 37.2 Å². The van der Waals surface area contributed by atoms with Gasteiger partial charge < -0.3 is 5.32 Å². The van der Waals surface area contributed by atoms with Crippen molar-refractivity contribution in [2.45, 2.75) is 13.5 Å². The van der Waals surface area contributed by atoms with E-state index in [0.717, 1.165) is 16.8 Å². The predicted octanol–water partition coefficient (Wildman–Crippen LogP) is 0.655. The molecule has 1 rings (SSSR count). The molecule has 0 atom stereocenters. The number of hydrogen-bond acceptors (Lipinski definition) is 4. The van der Waals surface area contributed by atoms with Crippen LogP contribution in [-0.2, 0) is 11.3 Å². The Kier molecular flexibility index (Phi) is 4.38. The van der Waals surface area contributed by atoms with Crippen LogP contribution in [0.25, 0.3) is 0 Å². The van der Waals surface area contributed by atoms with Gasteiger partial charge in [-0.25, -0.2) is 0 Å². The molecule has 0 saturated heterocycles. The van der Waals surface area contributed by atoms with E-state index in [9.17, 15) is 19.7 Å². The van der Waals surface area contributed by atoms with Crippen LogP contribution in [0.2, 0.25) is 0 Å². The van der Waals surface area contributed by atoms with Gasteiger partial charge in [-0.2, -0.15) is 0 Å². The third-order valence-electron chi connectivity index (χ3n) is 1.93. The topological polar surface area (TPSA) is 94.2 Å². The quantitative estimate of drug-likeness (QED) is 0.653.